The summed E-state index contributed by atoms with van der Waals surface area (Å²) in [4.78, 5) is 11.3. The van der Waals surface area contributed by atoms with Gasteiger partial charge in [0.15, 0.2) is 9.84 Å². The van der Waals surface area contributed by atoms with E-state index < -0.39 is 26.5 Å². The maximum Gasteiger partial charge on any atom is 0.234 e. The van der Waals surface area contributed by atoms with Gasteiger partial charge in [0.25, 0.3) is 0 Å². The highest BCUT2D eigenvalue weighted by atomic mass is 32.2. The molecule has 0 saturated heterocycles. The van der Waals surface area contributed by atoms with E-state index >= 15 is 0 Å². The van der Waals surface area contributed by atoms with E-state index in [9.17, 15) is 13.2 Å². The minimum atomic E-state index is -3.30. The van der Waals surface area contributed by atoms with Crippen molar-refractivity contribution in [2.75, 3.05) is 5.75 Å². The van der Waals surface area contributed by atoms with Crippen molar-refractivity contribution in [3.05, 3.63) is 35.9 Å². The van der Waals surface area contributed by atoms with Crippen LogP contribution in [0, 0.1) is 0 Å². The zero-order valence-corrected chi connectivity index (χ0v) is 14.5. The third-order valence-corrected chi connectivity index (χ3v) is 6.30. The smallest absolute Gasteiger partial charge is 0.234 e. The Kier molecular flexibility index (Phi) is 6.14. The number of benzene rings is 1. The molecule has 0 unspecified atom stereocenters. The number of hydrogen-bond donors (Lipinski definition) is 2. The molecule has 1 rings (SSSR count). The molecule has 0 aliphatic rings. The number of nitrogens with one attached hydrogen (secondary N) is 1. The number of rotatable bonds is 7. The monoisotopic (exact) mass is 326 g/mol. The van der Waals surface area contributed by atoms with E-state index in [0.29, 0.717) is 6.42 Å². The van der Waals surface area contributed by atoms with Gasteiger partial charge in [0.2, 0.25) is 5.91 Å². The largest absolute Gasteiger partial charge is 0.368 e. The molecule has 0 aromatic heterocycles. The van der Waals surface area contributed by atoms with Gasteiger partial charge in [0.1, 0.15) is 0 Å². The number of primary amides is 1. The second-order valence-corrected chi connectivity index (χ2v) is 9.36. The van der Waals surface area contributed by atoms with Crippen molar-refractivity contribution >= 4 is 15.7 Å². The van der Waals surface area contributed by atoms with E-state index in [2.05, 4.69) is 5.32 Å². The van der Waals surface area contributed by atoms with Crippen LogP contribution in [-0.4, -0.2) is 36.9 Å². The molecule has 2 atom stereocenters. The van der Waals surface area contributed by atoms with Crippen LogP contribution in [0.25, 0.3) is 0 Å². The minimum Gasteiger partial charge on any atom is -0.368 e. The first-order valence-electron chi connectivity index (χ1n) is 7.34. The highest BCUT2D eigenvalue weighted by molar-refractivity contribution is 7.92. The summed E-state index contributed by atoms with van der Waals surface area (Å²) in [6, 6.07) is 8.65. The first-order chi connectivity index (χ1) is 10.0. The number of carbonyl (C=O) groups is 1. The standard InChI is InChI=1S/C16H26N2O3S/c1-12(15(17)19)18-14(10-13-8-6-5-7-9-13)11-22(20,21)16(2,3)4/h5-9,12,14,18H,10-11H2,1-4H3,(H2,17,19)/t12-,14-/m0/s1. The van der Waals surface area contributed by atoms with Gasteiger partial charge in [-0.25, -0.2) is 8.42 Å². The summed E-state index contributed by atoms with van der Waals surface area (Å²) >= 11 is 0. The Morgan fingerprint density at radius 2 is 1.77 bits per heavy atom. The summed E-state index contributed by atoms with van der Waals surface area (Å²) in [6.07, 6.45) is 0.522. The highest BCUT2D eigenvalue weighted by Crippen LogP contribution is 2.18. The van der Waals surface area contributed by atoms with Crippen LogP contribution in [0.1, 0.15) is 33.3 Å². The Balaban J connectivity index is 2.94. The third-order valence-electron chi connectivity index (χ3n) is 3.59. The summed E-state index contributed by atoms with van der Waals surface area (Å²) in [5.74, 6) is -0.533. The van der Waals surface area contributed by atoms with Gasteiger partial charge in [-0.3, -0.25) is 4.79 Å². The number of hydrogen-bond acceptors (Lipinski definition) is 4. The molecule has 1 aromatic rings. The van der Waals surface area contributed by atoms with Crippen LogP contribution < -0.4 is 11.1 Å². The summed E-state index contributed by atoms with van der Waals surface area (Å²) in [5, 5.41) is 3.04. The van der Waals surface area contributed by atoms with Crippen LogP contribution in [0.3, 0.4) is 0 Å². The Morgan fingerprint density at radius 3 is 2.23 bits per heavy atom. The normalized spacial score (nSPS) is 15.3. The number of nitrogens with two attached hydrogens (primary N) is 1. The maximum absolute atomic E-state index is 12.4. The molecule has 0 fully saturated rings. The third kappa shape index (κ3) is 5.42. The van der Waals surface area contributed by atoms with Gasteiger partial charge < -0.3 is 11.1 Å². The Bertz CT molecular complexity index is 592. The van der Waals surface area contributed by atoms with Crippen LogP contribution in [0.5, 0.6) is 0 Å². The van der Waals surface area contributed by atoms with E-state index in [4.69, 9.17) is 5.73 Å². The number of carbonyl (C=O) groups excluding carboxylic acids is 1. The van der Waals surface area contributed by atoms with E-state index in [0.717, 1.165) is 5.56 Å². The molecule has 1 aromatic carbocycles. The Labute approximate surface area is 133 Å². The van der Waals surface area contributed by atoms with Gasteiger partial charge in [0.05, 0.1) is 16.5 Å². The quantitative estimate of drug-likeness (QED) is 0.790. The van der Waals surface area contributed by atoms with Crippen LogP contribution in [0.2, 0.25) is 0 Å². The molecule has 0 bridgehead atoms. The van der Waals surface area contributed by atoms with Crippen LogP contribution in [-0.2, 0) is 21.1 Å². The first kappa shape index (κ1) is 18.6. The van der Waals surface area contributed by atoms with Crippen molar-refractivity contribution in [2.24, 2.45) is 5.73 Å². The highest BCUT2D eigenvalue weighted by Gasteiger charge is 2.32. The molecule has 22 heavy (non-hydrogen) atoms. The lowest BCUT2D eigenvalue weighted by Crippen LogP contribution is -2.49. The van der Waals surface area contributed by atoms with Crippen molar-refractivity contribution in [1.82, 2.24) is 5.32 Å². The molecule has 3 N–H and O–H groups in total. The lowest BCUT2D eigenvalue weighted by atomic mass is 10.1. The fourth-order valence-corrected chi connectivity index (χ4v) is 3.26. The Hall–Kier alpha value is -1.40. The second-order valence-electron chi connectivity index (χ2n) is 6.57. The van der Waals surface area contributed by atoms with E-state index in [-0.39, 0.29) is 11.8 Å². The van der Waals surface area contributed by atoms with Gasteiger partial charge in [-0.1, -0.05) is 30.3 Å². The number of sulfone groups is 1. The van der Waals surface area contributed by atoms with Crippen molar-refractivity contribution in [2.45, 2.75) is 50.9 Å². The fraction of sp³-hybridized carbons (Fsp3) is 0.562. The van der Waals surface area contributed by atoms with E-state index in [1.54, 1.807) is 27.7 Å². The molecule has 6 heteroatoms. The predicted octanol–water partition coefficient (Wildman–Crippen LogP) is 1.27. The molecular formula is C16H26N2O3S. The molecule has 0 heterocycles. The van der Waals surface area contributed by atoms with Gasteiger partial charge in [-0.2, -0.15) is 0 Å². The molecule has 0 aliphatic heterocycles. The fourth-order valence-electron chi connectivity index (χ4n) is 2.02. The molecule has 124 valence electrons. The van der Waals surface area contributed by atoms with Crippen molar-refractivity contribution in [3.8, 4) is 0 Å². The minimum absolute atomic E-state index is 0.0387. The molecular weight excluding hydrogens is 300 g/mol. The summed E-state index contributed by atoms with van der Waals surface area (Å²) in [5.41, 5.74) is 6.29. The maximum atomic E-state index is 12.4. The van der Waals surface area contributed by atoms with E-state index in [1.807, 2.05) is 30.3 Å². The topological polar surface area (TPSA) is 89.3 Å². The van der Waals surface area contributed by atoms with Gasteiger partial charge in [-0.05, 0) is 39.7 Å². The van der Waals surface area contributed by atoms with Crippen LogP contribution in [0.4, 0.5) is 0 Å². The summed E-state index contributed by atoms with van der Waals surface area (Å²) < 4.78 is 24.1. The van der Waals surface area contributed by atoms with Gasteiger partial charge in [-0.15, -0.1) is 0 Å². The molecule has 0 radical (unpaired) electrons. The first-order valence-corrected chi connectivity index (χ1v) is 9.00. The lowest BCUT2D eigenvalue weighted by molar-refractivity contribution is -0.119. The predicted molar refractivity (Wildman–Crippen MR) is 89.3 cm³/mol. The second kappa shape index (κ2) is 7.24. The summed E-state index contributed by atoms with van der Waals surface area (Å²) in [6.45, 7) is 6.68. The van der Waals surface area contributed by atoms with Crippen molar-refractivity contribution in [3.63, 3.8) is 0 Å². The lowest BCUT2D eigenvalue weighted by Gasteiger charge is -2.26. The zero-order chi connectivity index (χ0) is 17.0. The van der Waals surface area contributed by atoms with E-state index in [1.165, 1.54) is 0 Å². The van der Waals surface area contributed by atoms with Gasteiger partial charge >= 0.3 is 0 Å². The van der Waals surface area contributed by atoms with Crippen molar-refractivity contribution in [1.29, 1.82) is 0 Å². The Morgan fingerprint density at radius 1 is 1.23 bits per heavy atom. The average Bonchev–Trinajstić information content (AvgIpc) is 2.37. The van der Waals surface area contributed by atoms with Crippen LogP contribution in [0.15, 0.2) is 30.3 Å². The number of amides is 1. The zero-order valence-electron chi connectivity index (χ0n) is 13.7. The molecule has 1 amide bonds. The molecule has 0 spiro atoms. The molecule has 0 saturated carbocycles. The van der Waals surface area contributed by atoms with Crippen molar-refractivity contribution < 1.29 is 13.2 Å². The average molecular weight is 326 g/mol. The SMILES string of the molecule is C[C@H](N[C@@H](Cc1ccccc1)CS(=O)(=O)C(C)(C)C)C(N)=O. The van der Waals surface area contributed by atoms with Gasteiger partial charge in [0, 0.05) is 6.04 Å². The molecule has 0 aliphatic carbocycles. The molecule has 5 nitrogen and oxygen atoms in total. The van der Waals surface area contributed by atoms with Crippen LogP contribution >= 0.6 is 0 Å². The summed E-state index contributed by atoms with van der Waals surface area (Å²) in [7, 11) is -3.30.